The van der Waals surface area contributed by atoms with E-state index < -0.39 is 10.0 Å². The van der Waals surface area contributed by atoms with Crippen molar-refractivity contribution in [1.82, 2.24) is 9.62 Å². The lowest BCUT2D eigenvalue weighted by Gasteiger charge is -2.36. The molecular weight excluding hydrogens is 272 g/mol. The van der Waals surface area contributed by atoms with Crippen LogP contribution in [-0.2, 0) is 16.6 Å². The molecule has 1 aliphatic heterocycles. The van der Waals surface area contributed by atoms with Crippen molar-refractivity contribution >= 4 is 10.0 Å². The molecule has 1 aromatic rings. The van der Waals surface area contributed by atoms with Crippen LogP contribution < -0.4 is 5.32 Å². The van der Waals surface area contributed by atoms with Gasteiger partial charge in [0.2, 0.25) is 10.0 Å². The Balaban J connectivity index is 2.20. The molecule has 0 aliphatic carbocycles. The zero-order chi connectivity index (χ0) is 14.8. The number of nitrogens with zero attached hydrogens (tertiary/aromatic N) is 1. The van der Waals surface area contributed by atoms with Crippen molar-refractivity contribution in [2.75, 3.05) is 20.1 Å². The molecule has 0 aromatic heterocycles. The average molecular weight is 296 g/mol. The molecule has 112 valence electrons. The third-order valence-corrected chi connectivity index (χ3v) is 5.89. The third kappa shape index (κ3) is 3.40. The quantitative estimate of drug-likeness (QED) is 0.927. The first kappa shape index (κ1) is 15.5. The van der Waals surface area contributed by atoms with E-state index in [0.717, 1.165) is 18.4 Å². The second kappa shape index (κ2) is 5.84. The highest BCUT2D eigenvalue weighted by Crippen LogP contribution is 2.32. The van der Waals surface area contributed by atoms with E-state index in [2.05, 4.69) is 19.2 Å². The van der Waals surface area contributed by atoms with Crippen LogP contribution >= 0.6 is 0 Å². The predicted octanol–water partition coefficient (Wildman–Crippen LogP) is 2.22. The van der Waals surface area contributed by atoms with Crippen LogP contribution in [0.3, 0.4) is 0 Å². The molecule has 2 rings (SSSR count). The van der Waals surface area contributed by atoms with E-state index in [4.69, 9.17) is 0 Å². The highest BCUT2D eigenvalue weighted by Gasteiger charge is 2.32. The molecule has 1 fully saturated rings. The normalized spacial score (nSPS) is 19.9. The zero-order valence-corrected chi connectivity index (χ0v) is 13.3. The van der Waals surface area contributed by atoms with E-state index in [0.29, 0.717) is 24.5 Å². The number of nitrogens with one attached hydrogen (secondary N) is 1. The molecule has 0 amide bonds. The van der Waals surface area contributed by atoms with Gasteiger partial charge in [-0.15, -0.1) is 0 Å². The van der Waals surface area contributed by atoms with Gasteiger partial charge >= 0.3 is 0 Å². The van der Waals surface area contributed by atoms with Crippen LogP contribution in [0, 0.1) is 5.41 Å². The van der Waals surface area contributed by atoms with Crippen molar-refractivity contribution in [3.63, 3.8) is 0 Å². The van der Waals surface area contributed by atoms with Gasteiger partial charge < -0.3 is 5.32 Å². The first-order valence-electron chi connectivity index (χ1n) is 7.09. The second-order valence-corrected chi connectivity index (χ2v) is 8.18. The maximum Gasteiger partial charge on any atom is 0.243 e. The summed E-state index contributed by atoms with van der Waals surface area (Å²) in [7, 11) is -1.49. The average Bonchev–Trinajstić information content (AvgIpc) is 2.39. The summed E-state index contributed by atoms with van der Waals surface area (Å²) in [4.78, 5) is 0.407. The van der Waals surface area contributed by atoms with Gasteiger partial charge in [-0.05, 0) is 43.0 Å². The van der Waals surface area contributed by atoms with Crippen molar-refractivity contribution < 1.29 is 8.42 Å². The largest absolute Gasteiger partial charge is 0.316 e. The Morgan fingerprint density at radius 3 is 2.50 bits per heavy atom. The Bertz CT molecular complexity index is 557. The molecule has 1 saturated heterocycles. The highest BCUT2D eigenvalue weighted by atomic mass is 32.2. The minimum Gasteiger partial charge on any atom is -0.316 e. The fourth-order valence-corrected chi connectivity index (χ4v) is 4.01. The Morgan fingerprint density at radius 2 is 1.90 bits per heavy atom. The SMILES string of the molecule is CNCc1cccc(S(=O)(=O)N2CCC(C)(C)CC2)c1. The van der Waals surface area contributed by atoms with E-state index in [1.807, 2.05) is 19.2 Å². The highest BCUT2D eigenvalue weighted by molar-refractivity contribution is 7.89. The molecule has 0 radical (unpaired) electrons. The van der Waals surface area contributed by atoms with Crippen LogP contribution in [-0.4, -0.2) is 32.9 Å². The van der Waals surface area contributed by atoms with Crippen molar-refractivity contribution in [3.05, 3.63) is 29.8 Å². The zero-order valence-electron chi connectivity index (χ0n) is 12.5. The minimum absolute atomic E-state index is 0.250. The molecule has 20 heavy (non-hydrogen) atoms. The maximum absolute atomic E-state index is 12.7. The number of hydrogen-bond acceptors (Lipinski definition) is 3. The van der Waals surface area contributed by atoms with Crippen molar-refractivity contribution in [3.8, 4) is 0 Å². The van der Waals surface area contributed by atoms with E-state index in [1.54, 1.807) is 16.4 Å². The fourth-order valence-electron chi connectivity index (χ4n) is 2.50. The van der Waals surface area contributed by atoms with Crippen LogP contribution in [0.4, 0.5) is 0 Å². The molecule has 1 heterocycles. The lowest BCUT2D eigenvalue weighted by Crippen LogP contribution is -2.41. The maximum atomic E-state index is 12.7. The lowest BCUT2D eigenvalue weighted by atomic mass is 9.83. The van der Waals surface area contributed by atoms with E-state index >= 15 is 0 Å². The summed E-state index contributed by atoms with van der Waals surface area (Å²) in [5, 5.41) is 3.04. The van der Waals surface area contributed by atoms with Gasteiger partial charge in [0, 0.05) is 19.6 Å². The Morgan fingerprint density at radius 1 is 1.25 bits per heavy atom. The van der Waals surface area contributed by atoms with Crippen LogP contribution in [0.15, 0.2) is 29.2 Å². The summed E-state index contributed by atoms with van der Waals surface area (Å²) < 4.78 is 26.9. The van der Waals surface area contributed by atoms with E-state index in [-0.39, 0.29) is 5.41 Å². The number of hydrogen-bond donors (Lipinski definition) is 1. The summed E-state index contributed by atoms with van der Waals surface area (Å²) >= 11 is 0. The molecule has 1 aliphatic rings. The third-order valence-electron chi connectivity index (χ3n) is 3.99. The lowest BCUT2D eigenvalue weighted by molar-refractivity contribution is 0.196. The number of piperidine rings is 1. The summed E-state index contributed by atoms with van der Waals surface area (Å²) in [6.45, 7) is 6.31. The van der Waals surface area contributed by atoms with Crippen molar-refractivity contribution in [2.45, 2.75) is 38.1 Å². The molecule has 0 unspecified atom stereocenters. The van der Waals surface area contributed by atoms with Gasteiger partial charge in [0.05, 0.1) is 4.90 Å². The number of sulfonamides is 1. The standard InChI is InChI=1S/C15H24N2O2S/c1-15(2)7-9-17(10-8-15)20(18,19)14-6-4-5-13(11-14)12-16-3/h4-6,11,16H,7-10,12H2,1-3H3. The topological polar surface area (TPSA) is 49.4 Å². The van der Waals surface area contributed by atoms with Gasteiger partial charge in [-0.25, -0.2) is 8.42 Å². The van der Waals surface area contributed by atoms with Crippen LogP contribution in [0.1, 0.15) is 32.3 Å². The van der Waals surface area contributed by atoms with E-state index in [1.165, 1.54) is 0 Å². The number of benzene rings is 1. The predicted molar refractivity (Wildman–Crippen MR) is 81.0 cm³/mol. The molecule has 4 nitrogen and oxygen atoms in total. The molecular formula is C15H24N2O2S. The second-order valence-electron chi connectivity index (χ2n) is 6.25. The first-order valence-corrected chi connectivity index (χ1v) is 8.53. The molecule has 1 aromatic carbocycles. The van der Waals surface area contributed by atoms with Crippen molar-refractivity contribution in [1.29, 1.82) is 0 Å². The molecule has 0 spiro atoms. The first-order chi connectivity index (χ1) is 9.35. The van der Waals surface area contributed by atoms with Gasteiger partial charge in [0.25, 0.3) is 0 Å². The summed E-state index contributed by atoms with van der Waals surface area (Å²) in [5.41, 5.74) is 1.24. The molecule has 0 bridgehead atoms. The Hall–Kier alpha value is -0.910. The van der Waals surface area contributed by atoms with Crippen molar-refractivity contribution in [2.24, 2.45) is 5.41 Å². The van der Waals surface area contributed by atoms with Crippen LogP contribution in [0.5, 0.6) is 0 Å². The summed E-state index contributed by atoms with van der Waals surface area (Å²) in [6, 6.07) is 7.21. The smallest absolute Gasteiger partial charge is 0.243 e. The van der Waals surface area contributed by atoms with Gasteiger partial charge in [-0.1, -0.05) is 26.0 Å². The van der Waals surface area contributed by atoms with E-state index in [9.17, 15) is 8.42 Å². The summed E-state index contributed by atoms with van der Waals surface area (Å²) in [6.07, 6.45) is 1.84. The van der Waals surface area contributed by atoms with Gasteiger partial charge in [-0.2, -0.15) is 4.31 Å². The van der Waals surface area contributed by atoms with Gasteiger partial charge in [0.1, 0.15) is 0 Å². The van der Waals surface area contributed by atoms with Crippen LogP contribution in [0.25, 0.3) is 0 Å². The molecule has 1 N–H and O–H groups in total. The monoisotopic (exact) mass is 296 g/mol. The minimum atomic E-state index is -3.35. The summed E-state index contributed by atoms with van der Waals surface area (Å²) in [5.74, 6) is 0. The molecule has 0 saturated carbocycles. The number of rotatable bonds is 4. The molecule has 0 atom stereocenters. The fraction of sp³-hybridized carbons (Fsp3) is 0.600. The van der Waals surface area contributed by atoms with Gasteiger partial charge in [0.15, 0.2) is 0 Å². The van der Waals surface area contributed by atoms with Crippen LogP contribution in [0.2, 0.25) is 0 Å². The molecule has 5 heteroatoms. The Kier molecular flexibility index (Phi) is 4.52. The van der Waals surface area contributed by atoms with Gasteiger partial charge in [-0.3, -0.25) is 0 Å². The Labute approximate surface area is 122 Å².